The highest BCUT2D eigenvalue weighted by molar-refractivity contribution is 7.99. The van der Waals surface area contributed by atoms with Crippen molar-refractivity contribution >= 4 is 57.8 Å². The number of allylic oxidation sites excluding steroid dienone is 1. The minimum absolute atomic E-state index is 0.201. The number of thiazole rings is 1. The number of aromatic nitrogens is 3. The Morgan fingerprint density at radius 2 is 1.91 bits per heavy atom. The first-order chi connectivity index (χ1) is 21.2. The number of H-pyrrole nitrogens is 1. The smallest absolute Gasteiger partial charge is 0.283 e. The highest BCUT2D eigenvalue weighted by Gasteiger charge is 2.33. The predicted octanol–water partition coefficient (Wildman–Crippen LogP) is 4.39. The number of hydrogen-bond donors (Lipinski definition) is 2. The van der Waals surface area contributed by atoms with Crippen LogP contribution < -0.4 is 25.8 Å². The molecule has 3 aromatic heterocycles. The maximum absolute atomic E-state index is 13.9. The molecule has 1 atom stereocenters. The molecule has 2 aromatic carbocycles. The number of nitro groups is 1. The van der Waals surface area contributed by atoms with E-state index in [0.717, 1.165) is 28.0 Å². The summed E-state index contributed by atoms with van der Waals surface area (Å²) in [6.45, 7) is 3.41. The van der Waals surface area contributed by atoms with E-state index in [0.29, 0.717) is 37.5 Å². The number of aromatic amines is 1. The van der Waals surface area contributed by atoms with Crippen molar-refractivity contribution < 1.29 is 9.72 Å². The zero-order valence-corrected chi connectivity index (χ0v) is 25.6. The van der Waals surface area contributed by atoms with E-state index in [2.05, 4.69) is 20.3 Å². The number of amides is 1. The largest absolute Gasteiger partial charge is 0.322 e. The van der Waals surface area contributed by atoms with Gasteiger partial charge in [-0.05, 0) is 66.9 Å². The molecule has 0 bridgehead atoms. The number of nitro benzene ring substituents is 1. The van der Waals surface area contributed by atoms with Gasteiger partial charge in [-0.2, -0.15) is 0 Å². The van der Waals surface area contributed by atoms with Crippen molar-refractivity contribution in [1.82, 2.24) is 14.5 Å². The van der Waals surface area contributed by atoms with E-state index in [1.165, 1.54) is 28.0 Å². The molecule has 1 aliphatic rings. The van der Waals surface area contributed by atoms with Gasteiger partial charge in [-0.1, -0.05) is 41.7 Å². The van der Waals surface area contributed by atoms with Gasteiger partial charge in [0.2, 0.25) is 0 Å². The normalized spacial score (nSPS) is 14.7. The van der Waals surface area contributed by atoms with Crippen LogP contribution in [0, 0.1) is 17.0 Å². The molecule has 0 spiro atoms. The Hall–Kier alpha value is -4.92. The third-order valence-electron chi connectivity index (χ3n) is 6.64. The van der Waals surface area contributed by atoms with Crippen LogP contribution in [0.3, 0.4) is 0 Å². The Kier molecular flexibility index (Phi) is 7.95. The average molecular weight is 643 g/mol. The van der Waals surface area contributed by atoms with Crippen LogP contribution in [-0.2, 0) is 4.79 Å². The van der Waals surface area contributed by atoms with Crippen molar-refractivity contribution in [2.24, 2.45) is 4.99 Å². The topological polar surface area (TPSA) is 152 Å². The summed E-state index contributed by atoms with van der Waals surface area (Å²) < 4.78 is 1.82. The fourth-order valence-corrected chi connectivity index (χ4v) is 7.55. The summed E-state index contributed by atoms with van der Waals surface area (Å²) in [5.74, 6) is -0.363. The van der Waals surface area contributed by atoms with Crippen LogP contribution in [-0.4, -0.2) is 25.4 Å². The van der Waals surface area contributed by atoms with Gasteiger partial charge in [0.15, 0.2) is 9.96 Å². The lowest BCUT2D eigenvalue weighted by Gasteiger charge is -2.24. The number of thiophene rings is 1. The molecule has 0 radical (unpaired) electrons. The summed E-state index contributed by atoms with van der Waals surface area (Å²) in [7, 11) is 0. The molecule has 14 heteroatoms. The Morgan fingerprint density at radius 3 is 2.61 bits per heavy atom. The van der Waals surface area contributed by atoms with Crippen molar-refractivity contribution in [3.8, 4) is 0 Å². The molecule has 4 heterocycles. The number of hydrogen-bond acceptors (Lipinski definition) is 10. The summed E-state index contributed by atoms with van der Waals surface area (Å²) in [4.78, 5) is 63.7. The number of benzene rings is 2. The van der Waals surface area contributed by atoms with Gasteiger partial charge in [0, 0.05) is 28.4 Å². The molecule has 0 unspecified atom stereocenters. The first-order valence-corrected chi connectivity index (χ1v) is 15.7. The fourth-order valence-electron chi connectivity index (χ4n) is 4.76. The molecule has 2 N–H and O–H groups in total. The first kappa shape index (κ1) is 29.2. The number of rotatable bonds is 7. The van der Waals surface area contributed by atoms with Gasteiger partial charge >= 0.3 is 0 Å². The second-order valence-corrected chi connectivity index (χ2v) is 12.7. The second kappa shape index (κ2) is 12.0. The molecule has 6 rings (SSSR count). The number of anilines is 1. The molecule has 0 saturated heterocycles. The van der Waals surface area contributed by atoms with Crippen LogP contribution in [0.5, 0.6) is 0 Å². The van der Waals surface area contributed by atoms with Crippen molar-refractivity contribution in [2.75, 3.05) is 5.32 Å². The number of para-hydroxylation sites is 1. The molecule has 44 heavy (non-hydrogen) atoms. The zero-order chi connectivity index (χ0) is 31.0. The number of carbonyl (C=O) groups excluding carboxylic acids is 1. The lowest BCUT2D eigenvalue weighted by molar-refractivity contribution is -0.387. The SMILES string of the molecule is CC1=C(C(=O)Nc2ccccc2)[C@H](c2cccs2)n2c(s/c(=C/c3ccc(Sc4nc(C)cc(=O)[nH]4)c([N+](=O)[O-])c3)c2=O)=N1. The zero-order valence-electron chi connectivity index (χ0n) is 23.1. The molecular weight excluding hydrogens is 621 g/mol. The molecule has 0 aliphatic carbocycles. The molecule has 11 nitrogen and oxygen atoms in total. The Bertz CT molecular complexity index is 2200. The highest BCUT2D eigenvalue weighted by atomic mass is 32.2. The predicted molar refractivity (Wildman–Crippen MR) is 170 cm³/mol. The monoisotopic (exact) mass is 642 g/mol. The van der Waals surface area contributed by atoms with Gasteiger partial charge in [0.25, 0.3) is 22.7 Å². The number of nitrogens with one attached hydrogen (secondary N) is 2. The van der Waals surface area contributed by atoms with Crippen molar-refractivity contribution in [3.63, 3.8) is 0 Å². The van der Waals surface area contributed by atoms with Crippen LogP contribution in [0.15, 0.2) is 108 Å². The molecule has 1 aliphatic heterocycles. The van der Waals surface area contributed by atoms with Gasteiger partial charge in [-0.15, -0.1) is 11.3 Å². The van der Waals surface area contributed by atoms with Gasteiger partial charge in [-0.25, -0.2) is 9.98 Å². The Morgan fingerprint density at radius 1 is 1.11 bits per heavy atom. The average Bonchev–Trinajstić information content (AvgIpc) is 3.61. The Labute approximate surface area is 261 Å². The lowest BCUT2D eigenvalue weighted by Crippen LogP contribution is -2.40. The Balaban J connectivity index is 1.41. The van der Waals surface area contributed by atoms with E-state index >= 15 is 0 Å². The number of carbonyl (C=O) groups is 1. The minimum Gasteiger partial charge on any atom is -0.322 e. The van der Waals surface area contributed by atoms with Gasteiger partial charge in [-0.3, -0.25) is 29.1 Å². The number of aryl methyl sites for hydroxylation is 1. The standard InChI is InChI=1S/C30H22N6O5S3/c1-16-13-24(37)34-29(31-16)43-21-11-10-18(14-20(21)36(40)41)15-23-28(39)35-26(22-9-6-12-42-22)25(17(2)32-30(35)44-23)27(38)33-19-7-4-3-5-8-19/h3-15,26H,1-2H3,(H,33,38)(H,31,34,37)/b23-15+/t26-/m0/s1. The number of fused-ring (bicyclic) bond motifs is 1. The van der Waals surface area contributed by atoms with Crippen LogP contribution in [0.2, 0.25) is 0 Å². The summed E-state index contributed by atoms with van der Waals surface area (Å²) in [6, 6.07) is 18.0. The first-order valence-electron chi connectivity index (χ1n) is 13.1. The molecule has 0 saturated carbocycles. The summed E-state index contributed by atoms with van der Waals surface area (Å²) in [5.41, 5.74) is 1.46. The van der Waals surface area contributed by atoms with Gasteiger partial charge < -0.3 is 10.3 Å². The molecular formula is C30H22N6O5S3. The van der Waals surface area contributed by atoms with E-state index in [4.69, 9.17) is 0 Å². The van der Waals surface area contributed by atoms with Crippen LogP contribution in [0.4, 0.5) is 11.4 Å². The van der Waals surface area contributed by atoms with Crippen LogP contribution in [0.25, 0.3) is 6.08 Å². The third-order valence-corrected chi connectivity index (χ3v) is 9.50. The van der Waals surface area contributed by atoms with E-state index in [-0.39, 0.29) is 32.8 Å². The van der Waals surface area contributed by atoms with Crippen LogP contribution >= 0.6 is 34.4 Å². The minimum atomic E-state index is -0.700. The number of nitrogens with zero attached hydrogens (tertiary/aromatic N) is 4. The van der Waals surface area contributed by atoms with E-state index < -0.39 is 11.0 Å². The maximum Gasteiger partial charge on any atom is 0.283 e. The third kappa shape index (κ3) is 5.82. The molecule has 1 amide bonds. The van der Waals surface area contributed by atoms with Crippen molar-refractivity contribution in [2.45, 2.75) is 29.9 Å². The van der Waals surface area contributed by atoms with E-state index in [1.54, 1.807) is 44.2 Å². The van der Waals surface area contributed by atoms with Crippen molar-refractivity contribution in [1.29, 1.82) is 0 Å². The lowest BCUT2D eigenvalue weighted by atomic mass is 10.0. The highest BCUT2D eigenvalue weighted by Crippen LogP contribution is 2.35. The fraction of sp³-hybridized carbons (Fsp3) is 0.100. The molecule has 5 aromatic rings. The van der Waals surface area contributed by atoms with E-state index in [9.17, 15) is 24.5 Å². The summed E-state index contributed by atoms with van der Waals surface area (Å²) in [6.07, 6.45) is 1.58. The quantitative estimate of drug-likeness (QED) is 0.152. The molecule has 220 valence electrons. The van der Waals surface area contributed by atoms with Crippen molar-refractivity contribution in [3.05, 3.63) is 140 Å². The second-order valence-electron chi connectivity index (χ2n) is 9.70. The van der Waals surface area contributed by atoms with Gasteiger partial charge in [0.05, 0.1) is 25.6 Å². The van der Waals surface area contributed by atoms with Crippen LogP contribution in [0.1, 0.15) is 29.1 Å². The maximum atomic E-state index is 13.9. The van der Waals surface area contributed by atoms with E-state index in [1.807, 2.05) is 35.7 Å². The van der Waals surface area contributed by atoms with Gasteiger partial charge in [0.1, 0.15) is 6.04 Å². The summed E-state index contributed by atoms with van der Waals surface area (Å²) in [5, 5.41) is 17.0. The molecule has 0 fully saturated rings. The summed E-state index contributed by atoms with van der Waals surface area (Å²) >= 11 is 3.54.